The Hall–Kier alpha value is -1.45. The second kappa shape index (κ2) is 8.86. The van der Waals surface area contributed by atoms with Crippen molar-refractivity contribution >= 4 is 23.7 Å². The van der Waals surface area contributed by atoms with Crippen LogP contribution < -0.4 is 5.32 Å². The summed E-state index contributed by atoms with van der Waals surface area (Å²) >= 11 is 1.59. The first-order valence-electron chi connectivity index (χ1n) is 6.80. The van der Waals surface area contributed by atoms with Gasteiger partial charge in [0.2, 0.25) is 0 Å². The molecule has 2 N–H and O–H groups in total. The molecule has 1 fully saturated rings. The van der Waals surface area contributed by atoms with Gasteiger partial charge in [0.05, 0.1) is 13.7 Å². The normalized spacial score (nSPS) is 22.2. The van der Waals surface area contributed by atoms with E-state index in [2.05, 4.69) is 5.32 Å². The number of rotatable bonds is 8. The number of aliphatic hydroxyl groups excluding tert-OH is 1. The lowest BCUT2D eigenvalue weighted by Crippen LogP contribution is -2.49. The van der Waals surface area contributed by atoms with Crippen LogP contribution in [0.3, 0.4) is 0 Å². The predicted octanol–water partition coefficient (Wildman–Crippen LogP) is 0.407. The largest absolute Gasteiger partial charge is 0.481 e. The number of ether oxygens (including phenoxy) is 2. The molecule has 1 saturated heterocycles. The number of carbonyl (C=O) groups is 2. The zero-order valence-electron chi connectivity index (χ0n) is 13.1. The Morgan fingerprint density at radius 3 is 2.82 bits per heavy atom. The van der Waals surface area contributed by atoms with Crippen LogP contribution in [0.1, 0.15) is 13.3 Å². The minimum absolute atomic E-state index is 0.0672. The van der Waals surface area contributed by atoms with Crippen LogP contribution in [0.4, 0.5) is 0 Å². The van der Waals surface area contributed by atoms with Gasteiger partial charge in [0.25, 0.3) is 5.95 Å². The molecular weight excluding hydrogens is 312 g/mol. The number of hydroxylamine groups is 2. The summed E-state index contributed by atoms with van der Waals surface area (Å²) in [4.78, 5) is 28.6. The average molecular weight is 334 g/mol. The fourth-order valence-electron chi connectivity index (χ4n) is 1.97. The number of nitrogens with zero attached hydrogens (tertiary/aromatic N) is 1. The fraction of sp³-hybridized carbons (Fsp3) is 0.692. The molecular formula is C13H22N2O6S. The van der Waals surface area contributed by atoms with E-state index in [0.717, 1.165) is 5.75 Å². The van der Waals surface area contributed by atoms with Gasteiger partial charge < -0.3 is 19.4 Å². The number of esters is 1. The highest BCUT2D eigenvalue weighted by Gasteiger charge is 2.42. The molecule has 0 bridgehead atoms. The summed E-state index contributed by atoms with van der Waals surface area (Å²) in [5, 5.41) is 14.1. The van der Waals surface area contributed by atoms with E-state index in [-0.39, 0.29) is 12.2 Å². The predicted molar refractivity (Wildman–Crippen MR) is 80.9 cm³/mol. The van der Waals surface area contributed by atoms with Crippen LogP contribution in [-0.2, 0) is 23.9 Å². The first-order valence-corrected chi connectivity index (χ1v) is 8.19. The van der Waals surface area contributed by atoms with E-state index in [4.69, 9.17) is 14.3 Å². The van der Waals surface area contributed by atoms with Crippen LogP contribution in [0.2, 0.25) is 0 Å². The molecule has 1 heterocycles. The van der Waals surface area contributed by atoms with Crippen molar-refractivity contribution in [1.82, 2.24) is 10.4 Å². The summed E-state index contributed by atoms with van der Waals surface area (Å²) in [6.07, 6.45) is 1.63. The molecule has 0 spiro atoms. The number of likely N-dealkylation sites (N-methyl/N-ethyl adjacent to an activating group) is 1. The van der Waals surface area contributed by atoms with Gasteiger partial charge in [0, 0.05) is 7.05 Å². The van der Waals surface area contributed by atoms with Crippen molar-refractivity contribution in [1.29, 1.82) is 0 Å². The smallest absolute Gasteiger partial charge is 0.363 e. The van der Waals surface area contributed by atoms with Gasteiger partial charge in [-0.25, -0.2) is 4.79 Å². The number of hydrogen-bond donors (Lipinski definition) is 2. The van der Waals surface area contributed by atoms with Gasteiger partial charge in [-0.2, -0.15) is 11.8 Å². The van der Waals surface area contributed by atoms with Gasteiger partial charge in [-0.15, -0.1) is 5.06 Å². The lowest BCUT2D eigenvalue weighted by molar-refractivity contribution is -0.170. The van der Waals surface area contributed by atoms with Crippen LogP contribution >= 0.6 is 11.8 Å². The van der Waals surface area contributed by atoms with Gasteiger partial charge in [-0.05, 0) is 25.4 Å². The van der Waals surface area contributed by atoms with Crippen LogP contribution in [0.25, 0.3) is 0 Å². The second-order valence-electron chi connectivity index (χ2n) is 4.50. The van der Waals surface area contributed by atoms with E-state index in [1.165, 1.54) is 19.2 Å². The molecule has 0 aromatic heterocycles. The maximum absolute atomic E-state index is 11.8. The number of hydrogen-bond acceptors (Lipinski definition) is 9. The first kappa shape index (κ1) is 18.6. The number of thioether (sulfide) groups is 1. The molecule has 2 atom stereocenters. The minimum atomic E-state index is -0.801. The number of carbonyl (C=O) groups excluding carboxylic acids is 2. The lowest BCUT2D eigenvalue weighted by Gasteiger charge is -2.23. The molecule has 9 heteroatoms. The molecule has 0 amide bonds. The molecule has 2 unspecified atom stereocenters. The van der Waals surface area contributed by atoms with E-state index in [0.29, 0.717) is 6.42 Å². The van der Waals surface area contributed by atoms with Crippen molar-refractivity contribution in [2.45, 2.75) is 25.6 Å². The van der Waals surface area contributed by atoms with Gasteiger partial charge >= 0.3 is 11.9 Å². The molecule has 1 aliphatic heterocycles. The minimum Gasteiger partial charge on any atom is -0.481 e. The summed E-state index contributed by atoms with van der Waals surface area (Å²) in [6.45, 7) is 1.88. The van der Waals surface area contributed by atoms with Crippen LogP contribution in [0, 0.1) is 0 Å². The quantitative estimate of drug-likeness (QED) is 0.371. The maximum atomic E-state index is 11.8. The van der Waals surface area contributed by atoms with E-state index >= 15 is 0 Å². The van der Waals surface area contributed by atoms with Crippen LogP contribution in [0.15, 0.2) is 11.5 Å². The third-order valence-electron chi connectivity index (χ3n) is 3.05. The van der Waals surface area contributed by atoms with Crippen molar-refractivity contribution in [3.8, 4) is 0 Å². The molecule has 8 nitrogen and oxygen atoms in total. The van der Waals surface area contributed by atoms with Crippen molar-refractivity contribution in [3.05, 3.63) is 11.5 Å². The zero-order valence-corrected chi connectivity index (χ0v) is 13.9. The molecule has 1 aliphatic rings. The highest BCUT2D eigenvalue weighted by Crippen LogP contribution is 2.22. The van der Waals surface area contributed by atoms with E-state index in [1.54, 1.807) is 18.7 Å². The van der Waals surface area contributed by atoms with Gasteiger partial charge in [0.1, 0.15) is 12.2 Å². The molecule has 126 valence electrons. The Bertz CT molecular complexity index is 442. The standard InChI is InChI=1S/C13H22N2O6S/c1-5-20-12(17)9-10(15(2)21-13(9)18)14-8(6-7-22-4)11(16)19-3/h8,10,14,17H,5-7H2,1-4H3/b12-9+. The molecule has 0 saturated carbocycles. The lowest BCUT2D eigenvalue weighted by atomic mass is 10.1. The Labute approximate surface area is 133 Å². The van der Waals surface area contributed by atoms with E-state index in [9.17, 15) is 14.7 Å². The Morgan fingerprint density at radius 2 is 2.27 bits per heavy atom. The summed E-state index contributed by atoms with van der Waals surface area (Å²) < 4.78 is 9.73. The molecule has 0 aromatic rings. The van der Waals surface area contributed by atoms with Gasteiger partial charge in [-0.3, -0.25) is 10.1 Å². The first-order chi connectivity index (χ1) is 10.5. The van der Waals surface area contributed by atoms with Crippen molar-refractivity contribution in [2.75, 3.05) is 32.8 Å². The van der Waals surface area contributed by atoms with E-state index < -0.39 is 30.1 Å². The summed E-state index contributed by atoms with van der Waals surface area (Å²) in [5.41, 5.74) is -0.0672. The zero-order chi connectivity index (χ0) is 16.7. The number of methoxy groups -OCH3 is 1. The van der Waals surface area contributed by atoms with Gasteiger partial charge in [-0.1, -0.05) is 0 Å². The van der Waals surface area contributed by atoms with Crippen molar-refractivity contribution < 1.29 is 29.0 Å². The maximum Gasteiger partial charge on any atom is 0.363 e. The Kier molecular flexibility index (Phi) is 7.49. The summed E-state index contributed by atoms with van der Waals surface area (Å²) in [7, 11) is 2.81. The SMILES string of the molecule is CCO/C(O)=C1/C(=O)ON(C)C1NC(CCSC)C(=O)OC. The summed E-state index contributed by atoms with van der Waals surface area (Å²) in [6, 6.07) is -0.635. The highest BCUT2D eigenvalue weighted by atomic mass is 32.2. The van der Waals surface area contributed by atoms with Crippen LogP contribution in [0.5, 0.6) is 0 Å². The Balaban J connectivity index is 2.96. The van der Waals surface area contributed by atoms with Gasteiger partial charge in [0.15, 0.2) is 5.57 Å². The molecule has 0 radical (unpaired) electrons. The van der Waals surface area contributed by atoms with Crippen molar-refractivity contribution in [2.24, 2.45) is 0 Å². The molecule has 1 rings (SSSR count). The summed E-state index contributed by atoms with van der Waals surface area (Å²) in [5.74, 6) is -0.951. The van der Waals surface area contributed by atoms with Crippen LogP contribution in [-0.4, -0.2) is 67.1 Å². The fourth-order valence-corrected chi connectivity index (χ4v) is 2.44. The number of nitrogens with one attached hydrogen (secondary N) is 1. The topological polar surface area (TPSA) is 97.3 Å². The van der Waals surface area contributed by atoms with E-state index in [1.807, 2.05) is 6.26 Å². The molecule has 0 aromatic carbocycles. The molecule has 22 heavy (non-hydrogen) atoms. The average Bonchev–Trinajstić information content (AvgIpc) is 2.76. The highest BCUT2D eigenvalue weighted by molar-refractivity contribution is 7.98. The second-order valence-corrected chi connectivity index (χ2v) is 5.49. The third-order valence-corrected chi connectivity index (χ3v) is 3.69. The third kappa shape index (κ3) is 4.52. The molecule has 0 aliphatic carbocycles. The monoisotopic (exact) mass is 334 g/mol. The number of aliphatic hydroxyl groups is 1. The Morgan fingerprint density at radius 1 is 1.59 bits per heavy atom. The van der Waals surface area contributed by atoms with Crippen molar-refractivity contribution in [3.63, 3.8) is 0 Å².